The number of hydrogen-bond acceptors (Lipinski definition) is 3. The molecule has 112 valence electrons. The van der Waals surface area contributed by atoms with E-state index in [-0.39, 0.29) is 0 Å². The van der Waals surface area contributed by atoms with Crippen LogP contribution in [-0.2, 0) is 6.42 Å². The van der Waals surface area contributed by atoms with Crippen molar-refractivity contribution in [3.05, 3.63) is 28.8 Å². The average molecular weight is 285 g/mol. The van der Waals surface area contributed by atoms with E-state index in [4.69, 9.17) is 0 Å². The quantitative estimate of drug-likeness (QED) is 0.900. The molecule has 0 spiro atoms. The minimum Gasteiger partial charge on any atom is -0.384 e. The first-order valence-corrected chi connectivity index (χ1v) is 8.32. The van der Waals surface area contributed by atoms with Crippen LogP contribution in [0.15, 0.2) is 12.1 Å². The number of nitrogens with zero attached hydrogens (tertiary/aromatic N) is 2. The molecule has 0 saturated carbocycles. The molecule has 3 nitrogen and oxygen atoms in total. The van der Waals surface area contributed by atoms with Gasteiger partial charge in [-0.15, -0.1) is 0 Å². The van der Waals surface area contributed by atoms with E-state index in [1.165, 1.54) is 49.2 Å². The van der Waals surface area contributed by atoms with Gasteiger partial charge in [0.1, 0.15) is 0 Å². The van der Waals surface area contributed by atoms with Gasteiger partial charge in [-0.3, -0.25) is 0 Å². The monoisotopic (exact) mass is 285 g/mol. The minimum absolute atomic E-state index is 0.596. The van der Waals surface area contributed by atoms with Crippen LogP contribution in [0.25, 0.3) is 0 Å². The van der Waals surface area contributed by atoms with Gasteiger partial charge in [0.05, 0.1) is 11.6 Å². The summed E-state index contributed by atoms with van der Waals surface area (Å²) < 4.78 is 0. The van der Waals surface area contributed by atoms with Crippen LogP contribution in [0.5, 0.6) is 0 Å². The summed E-state index contributed by atoms with van der Waals surface area (Å²) in [4.78, 5) is 2.65. The standard InChI is InChI=1S/C18H25N3/c1-3-7-21(8-4-2)15-9-14-12-20-17-6-5-13(11-19)16(10-15)18(14)17/h5-6,14-15,20H,3-4,7-10,12H2,1-2H3/t14-,15-/m0/s1/i11+2. The summed E-state index contributed by atoms with van der Waals surface area (Å²) in [6.07, 6.45) is 4.70. The molecule has 2 atom stereocenters. The Balaban J connectivity index is 1.92. The molecule has 1 aromatic carbocycles. The molecule has 0 saturated heterocycles. The van der Waals surface area contributed by atoms with Crippen molar-refractivity contribution in [2.24, 2.45) is 0 Å². The third-order valence-electron chi connectivity index (χ3n) is 4.96. The molecule has 1 heterocycles. The Morgan fingerprint density at radius 3 is 2.71 bits per heavy atom. The first-order chi connectivity index (χ1) is 10.3. The molecule has 0 unspecified atom stereocenters. The van der Waals surface area contributed by atoms with Crippen molar-refractivity contribution < 1.29 is 0 Å². The van der Waals surface area contributed by atoms with Crippen LogP contribution in [-0.4, -0.2) is 30.6 Å². The highest BCUT2D eigenvalue weighted by Gasteiger charge is 2.36. The SMILES string of the molecule is CCCN(CCC)[C@@H]1Cc2c([14C]#N)ccc3c2[C@H](CN3)C1. The highest BCUT2D eigenvalue weighted by atomic mass is 15.2. The van der Waals surface area contributed by atoms with E-state index < -0.39 is 0 Å². The molecule has 0 fully saturated rings. The fraction of sp³-hybridized carbons (Fsp3) is 0.611. The lowest BCUT2D eigenvalue weighted by atomic mass is 9.79. The van der Waals surface area contributed by atoms with E-state index in [9.17, 15) is 5.26 Å². The summed E-state index contributed by atoms with van der Waals surface area (Å²) in [6, 6.07) is 7.10. The van der Waals surface area contributed by atoms with E-state index >= 15 is 0 Å². The van der Waals surface area contributed by atoms with Crippen LogP contribution in [0.4, 0.5) is 5.69 Å². The van der Waals surface area contributed by atoms with E-state index in [0.29, 0.717) is 12.0 Å². The number of nitrogens with one attached hydrogen (secondary N) is 1. The maximum Gasteiger partial charge on any atom is 0.0994 e. The van der Waals surface area contributed by atoms with Crippen LogP contribution in [0, 0.1) is 11.3 Å². The van der Waals surface area contributed by atoms with Crippen LogP contribution in [0.2, 0.25) is 0 Å². The van der Waals surface area contributed by atoms with Gasteiger partial charge in [-0.2, -0.15) is 5.26 Å². The molecule has 0 amide bonds. The zero-order valence-electron chi connectivity index (χ0n) is 13.2. The Morgan fingerprint density at radius 2 is 2.05 bits per heavy atom. The molecule has 0 radical (unpaired) electrons. The first kappa shape index (κ1) is 14.4. The van der Waals surface area contributed by atoms with Gasteiger partial charge in [-0.05, 0) is 62.0 Å². The van der Waals surface area contributed by atoms with E-state index in [0.717, 1.165) is 18.5 Å². The molecular formula is C18H25N3. The molecule has 3 rings (SSSR count). The highest BCUT2D eigenvalue weighted by molar-refractivity contribution is 5.65. The summed E-state index contributed by atoms with van der Waals surface area (Å²) in [6.45, 7) is 7.91. The van der Waals surface area contributed by atoms with Crippen molar-refractivity contribution >= 4 is 5.69 Å². The third kappa shape index (κ3) is 2.53. The van der Waals surface area contributed by atoms with E-state index in [1.54, 1.807) is 0 Å². The topological polar surface area (TPSA) is 39.1 Å². The molecule has 1 N–H and O–H groups in total. The summed E-state index contributed by atoms with van der Waals surface area (Å²) in [7, 11) is 0. The lowest BCUT2D eigenvalue weighted by Crippen LogP contribution is -2.41. The molecule has 1 aliphatic carbocycles. The Hall–Kier alpha value is -1.53. The number of rotatable bonds is 5. The van der Waals surface area contributed by atoms with Crippen molar-refractivity contribution in [3.8, 4) is 6.07 Å². The van der Waals surface area contributed by atoms with Gasteiger partial charge in [0.15, 0.2) is 0 Å². The van der Waals surface area contributed by atoms with Gasteiger partial charge in [0, 0.05) is 24.2 Å². The normalized spacial score (nSPS) is 22.8. The molecule has 1 aromatic rings. The molecule has 21 heavy (non-hydrogen) atoms. The van der Waals surface area contributed by atoms with Gasteiger partial charge in [-0.25, -0.2) is 0 Å². The number of anilines is 1. The van der Waals surface area contributed by atoms with Gasteiger partial charge in [-0.1, -0.05) is 13.8 Å². The number of benzene rings is 1. The largest absolute Gasteiger partial charge is 0.384 e. The minimum atomic E-state index is 0.596. The fourth-order valence-corrected chi connectivity index (χ4v) is 4.12. The lowest BCUT2D eigenvalue weighted by molar-refractivity contribution is 0.172. The molecule has 0 bridgehead atoms. The maximum atomic E-state index is 9.44. The van der Waals surface area contributed by atoms with Crippen LogP contribution >= 0.6 is 0 Å². The van der Waals surface area contributed by atoms with Crippen molar-refractivity contribution in [1.29, 1.82) is 5.26 Å². The predicted octanol–water partition coefficient (Wildman–Crippen LogP) is 3.50. The third-order valence-corrected chi connectivity index (χ3v) is 4.96. The Labute approximate surface area is 128 Å². The summed E-state index contributed by atoms with van der Waals surface area (Å²) in [5, 5.41) is 13.0. The zero-order valence-corrected chi connectivity index (χ0v) is 13.2. The van der Waals surface area contributed by atoms with Crippen LogP contribution < -0.4 is 5.32 Å². The molecule has 1 aliphatic heterocycles. The molecule has 2 aliphatic rings. The molecule has 0 aromatic heterocycles. The first-order valence-electron chi connectivity index (χ1n) is 8.32. The van der Waals surface area contributed by atoms with Crippen molar-refractivity contribution in [2.75, 3.05) is 25.0 Å². The van der Waals surface area contributed by atoms with E-state index in [1.807, 2.05) is 6.07 Å². The highest BCUT2D eigenvalue weighted by Crippen LogP contribution is 2.43. The van der Waals surface area contributed by atoms with Crippen molar-refractivity contribution in [1.82, 2.24) is 4.90 Å². The summed E-state index contributed by atoms with van der Waals surface area (Å²) in [5.74, 6) is 0.596. The van der Waals surface area contributed by atoms with E-state index in [2.05, 4.69) is 36.2 Å². The smallest absolute Gasteiger partial charge is 0.0994 e. The number of nitriles is 1. The Kier molecular flexibility index (Phi) is 4.17. The lowest BCUT2D eigenvalue weighted by Gasteiger charge is -2.37. The predicted molar refractivity (Wildman–Crippen MR) is 86.7 cm³/mol. The Bertz CT molecular complexity index is 552. The number of hydrogen-bond donors (Lipinski definition) is 1. The van der Waals surface area contributed by atoms with Crippen molar-refractivity contribution in [2.45, 2.75) is 51.5 Å². The average Bonchev–Trinajstić information content (AvgIpc) is 2.92. The molecular weight excluding hydrogens is 260 g/mol. The fourth-order valence-electron chi connectivity index (χ4n) is 4.12. The van der Waals surface area contributed by atoms with Gasteiger partial charge in [0.2, 0.25) is 0 Å². The van der Waals surface area contributed by atoms with Gasteiger partial charge >= 0.3 is 0 Å². The van der Waals surface area contributed by atoms with Gasteiger partial charge < -0.3 is 10.2 Å². The second-order valence-corrected chi connectivity index (χ2v) is 6.37. The van der Waals surface area contributed by atoms with Crippen LogP contribution in [0.1, 0.15) is 55.7 Å². The zero-order chi connectivity index (χ0) is 14.8. The molecule has 3 heteroatoms. The maximum absolute atomic E-state index is 9.44. The van der Waals surface area contributed by atoms with Crippen LogP contribution in [0.3, 0.4) is 0 Å². The summed E-state index contributed by atoms with van der Waals surface area (Å²) >= 11 is 0. The second kappa shape index (κ2) is 6.07. The summed E-state index contributed by atoms with van der Waals surface area (Å²) in [5.41, 5.74) is 4.92. The van der Waals surface area contributed by atoms with Gasteiger partial charge in [0.25, 0.3) is 0 Å². The van der Waals surface area contributed by atoms with Crippen molar-refractivity contribution in [3.63, 3.8) is 0 Å². The Morgan fingerprint density at radius 1 is 1.29 bits per heavy atom. The second-order valence-electron chi connectivity index (χ2n) is 6.37.